The van der Waals surface area contributed by atoms with Gasteiger partial charge in [0.1, 0.15) is 17.8 Å². The summed E-state index contributed by atoms with van der Waals surface area (Å²) in [5.41, 5.74) is 12.9. The fraction of sp³-hybridized carbons (Fsp3) is 0.432. The van der Waals surface area contributed by atoms with Gasteiger partial charge in [-0.25, -0.2) is 4.98 Å². The minimum absolute atomic E-state index is 0.0152. The molecule has 5 aromatic rings. The lowest BCUT2D eigenvalue weighted by Gasteiger charge is -2.36. The maximum Gasteiger partial charge on any atom is 0.246 e. The Morgan fingerprint density at radius 3 is 2.55 bits per heavy atom. The highest BCUT2D eigenvalue weighted by molar-refractivity contribution is 7.13. The highest BCUT2D eigenvalue weighted by Gasteiger charge is 2.44. The van der Waals surface area contributed by atoms with E-state index in [1.165, 1.54) is 4.90 Å². The molecule has 2 aliphatic heterocycles. The second-order valence-corrected chi connectivity index (χ2v) is 17.9. The molecule has 3 aromatic heterocycles. The molecule has 3 amide bonds. The number of nitrogens with two attached hydrogens (primary N) is 1. The molecule has 60 heavy (non-hydrogen) atoms. The van der Waals surface area contributed by atoms with Gasteiger partial charge < -0.3 is 36.4 Å². The standard InChI is InChI=1S/C44H54N10O5S/c1-27-39(60-26-47-27)30-13-11-28(12-14-30)20-46-42(58)36-18-32(55)25-54(36)43(59)40(44(2,3)4)49-38(57)15-17-52-16-7-8-29(22-52)23-53-24-31(21-48-53)34-19-35(50-51-41(34)45)33-9-5-6-10-37(33)56/h5-6,9-14,19,21,24,26,29,32,36,40,55-56H,7-8,15-18,20,22-23,25H2,1-4H3,(H2,45,51)(H,46,58)(H,49,57)/t29-,32-,36+,40-/m1/s1. The number of nitrogens with one attached hydrogen (secondary N) is 2. The summed E-state index contributed by atoms with van der Waals surface area (Å²) in [6.45, 7) is 10.8. The van der Waals surface area contributed by atoms with E-state index in [1.54, 1.807) is 41.8 Å². The smallest absolute Gasteiger partial charge is 0.246 e. The van der Waals surface area contributed by atoms with Crippen LogP contribution in [-0.2, 0) is 27.5 Å². The quantitative estimate of drug-likeness (QED) is 0.111. The number of piperidine rings is 1. The minimum Gasteiger partial charge on any atom is -0.507 e. The highest BCUT2D eigenvalue weighted by Crippen LogP contribution is 2.33. The number of amides is 3. The van der Waals surface area contributed by atoms with E-state index in [1.807, 2.05) is 74.4 Å². The molecule has 0 aliphatic carbocycles. The van der Waals surface area contributed by atoms with Crippen molar-refractivity contribution in [2.24, 2.45) is 11.3 Å². The van der Waals surface area contributed by atoms with Crippen LogP contribution in [0.15, 0.2) is 72.5 Å². The van der Waals surface area contributed by atoms with Gasteiger partial charge in [-0.2, -0.15) is 5.10 Å². The average molecular weight is 835 g/mol. The molecule has 0 saturated carbocycles. The van der Waals surface area contributed by atoms with E-state index in [9.17, 15) is 24.6 Å². The molecule has 0 radical (unpaired) electrons. The number of nitrogens with zero attached hydrogens (tertiary/aromatic N) is 7. The van der Waals surface area contributed by atoms with E-state index in [2.05, 4.69) is 35.8 Å². The van der Waals surface area contributed by atoms with Crippen molar-refractivity contribution < 1.29 is 24.6 Å². The topological polar surface area (TPSA) is 205 Å². The van der Waals surface area contributed by atoms with Crippen LogP contribution in [0.2, 0.25) is 0 Å². The Balaban J connectivity index is 0.914. The van der Waals surface area contributed by atoms with Crippen LogP contribution < -0.4 is 16.4 Å². The lowest BCUT2D eigenvalue weighted by atomic mass is 9.85. The van der Waals surface area contributed by atoms with Gasteiger partial charge >= 0.3 is 0 Å². The lowest BCUT2D eigenvalue weighted by molar-refractivity contribution is -0.144. The molecule has 316 valence electrons. The molecule has 0 spiro atoms. The normalized spacial score (nSPS) is 18.9. The fourth-order valence-corrected chi connectivity index (χ4v) is 8.91. The van der Waals surface area contributed by atoms with Crippen LogP contribution in [0.25, 0.3) is 32.8 Å². The van der Waals surface area contributed by atoms with E-state index >= 15 is 0 Å². The van der Waals surface area contributed by atoms with E-state index < -0.39 is 23.6 Å². The first-order valence-electron chi connectivity index (χ1n) is 20.4. The number of hydrogen-bond acceptors (Lipinski definition) is 12. The van der Waals surface area contributed by atoms with E-state index in [0.29, 0.717) is 35.8 Å². The zero-order chi connectivity index (χ0) is 42.6. The van der Waals surface area contributed by atoms with Crippen LogP contribution in [-0.4, -0.2) is 107 Å². The number of aromatic nitrogens is 5. The predicted molar refractivity (Wildman–Crippen MR) is 230 cm³/mol. The summed E-state index contributed by atoms with van der Waals surface area (Å²) in [6.07, 6.45) is 5.17. The SMILES string of the molecule is Cc1ncsc1-c1ccc(CNC(=O)[C@@H]2C[C@@H](O)CN2C(=O)[C@@H](NC(=O)CCN2CCC[C@@H](Cn3cc(-c4cc(-c5ccccc5O)nnc4N)cn3)C2)C(C)(C)C)cc1. The molecule has 7 rings (SSSR count). The van der Waals surface area contributed by atoms with Crippen molar-refractivity contribution in [3.8, 4) is 38.6 Å². The fourth-order valence-electron chi connectivity index (χ4n) is 8.10. The number of aromatic hydroxyl groups is 1. The van der Waals surface area contributed by atoms with Gasteiger partial charge in [-0.15, -0.1) is 21.5 Å². The highest BCUT2D eigenvalue weighted by atomic mass is 32.1. The number of nitrogen functional groups attached to an aromatic ring is 1. The van der Waals surface area contributed by atoms with Crippen LogP contribution in [0.4, 0.5) is 5.82 Å². The number of para-hydroxylation sites is 1. The number of likely N-dealkylation sites (tertiary alicyclic amines) is 2. The summed E-state index contributed by atoms with van der Waals surface area (Å²) in [6, 6.07) is 14.9. The van der Waals surface area contributed by atoms with Crippen molar-refractivity contribution in [3.05, 3.63) is 83.8 Å². The second kappa shape index (κ2) is 18.3. The summed E-state index contributed by atoms with van der Waals surface area (Å²) in [5, 5.41) is 39.8. The third-order valence-corrected chi connectivity index (χ3v) is 12.3. The second-order valence-electron chi connectivity index (χ2n) is 17.0. The first-order chi connectivity index (χ1) is 28.7. The van der Waals surface area contributed by atoms with Gasteiger partial charge in [-0.1, -0.05) is 57.2 Å². The summed E-state index contributed by atoms with van der Waals surface area (Å²) < 4.78 is 1.90. The third kappa shape index (κ3) is 10.00. The number of benzene rings is 2. The molecule has 15 nitrogen and oxygen atoms in total. The van der Waals surface area contributed by atoms with Crippen molar-refractivity contribution >= 4 is 34.9 Å². The number of aliphatic hydroxyl groups excluding tert-OH is 1. The number of aliphatic hydroxyl groups is 1. The summed E-state index contributed by atoms with van der Waals surface area (Å²) in [7, 11) is 0. The van der Waals surface area contributed by atoms with Gasteiger partial charge in [0.15, 0.2) is 5.82 Å². The lowest BCUT2D eigenvalue weighted by Crippen LogP contribution is -2.58. The number of phenols is 1. The molecule has 16 heteroatoms. The number of thiazole rings is 1. The number of carbonyl (C=O) groups is 3. The van der Waals surface area contributed by atoms with Crippen LogP contribution in [0.5, 0.6) is 5.75 Å². The summed E-state index contributed by atoms with van der Waals surface area (Å²) >= 11 is 1.58. The number of anilines is 1. The van der Waals surface area contributed by atoms with Gasteiger partial charge in [-0.3, -0.25) is 19.1 Å². The van der Waals surface area contributed by atoms with Gasteiger partial charge in [0.05, 0.1) is 34.1 Å². The Morgan fingerprint density at radius 1 is 1.03 bits per heavy atom. The zero-order valence-electron chi connectivity index (χ0n) is 34.5. The van der Waals surface area contributed by atoms with Crippen LogP contribution >= 0.6 is 11.3 Å². The third-order valence-electron chi connectivity index (χ3n) is 11.4. The summed E-state index contributed by atoms with van der Waals surface area (Å²) in [4.78, 5) is 50.3. The maximum atomic E-state index is 14.1. The van der Waals surface area contributed by atoms with Crippen molar-refractivity contribution in [1.29, 1.82) is 0 Å². The van der Waals surface area contributed by atoms with Gasteiger partial charge in [0.25, 0.3) is 0 Å². The van der Waals surface area contributed by atoms with Gasteiger partial charge in [-0.05, 0) is 67.0 Å². The molecule has 4 atom stereocenters. The van der Waals surface area contributed by atoms with Crippen LogP contribution in [0.3, 0.4) is 0 Å². The number of aryl methyl sites for hydroxylation is 1. The van der Waals surface area contributed by atoms with Crippen LogP contribution in [0, 0.1) is 18.3 Å². The Hall–Kier alpha value is -5.71. The molecule has 6 N–H and O–H groups in total. The van der Waals surface area contributed by atoms with Crippen molar-refractivity contribution in [3.63, 3.8) is 0 Å². The molecule has 2 aromatic carbocycles. The Bertz CT molecular complexity index is 2300. The molecule has 5 heterocycles. The summed E-state index contributed by atoms with van der Waals surface area (Å²) in [5.74, 6) is -0.288. The Labute approximate surface area is 354 Å². The number of β-amino-alcohol motifs (C(OH)–C–C–N with tert-alkyl or cyclic N) is 1. The van der Waals surface area contributed by atoms with Gasteiger partial charge in [0, 0.05) is 68.5 Å². The van der Waals surface area contributed by atoms with E-state index in [-0.39, 0.29) is 55.2 Å². The molecular weight excluding hydrogens is 781 g/mol. The first-order valence-corrected chi connectivity index (χ1v) is 21.3. The van der Waals surface area contributed by atoms with Crippen molar-refractivity contribution in [2.45, 2.75) is 84.7 Å². The van der Waals surface area contributed by atoms with Gasteiger partial charge in [0.2, 0.25) is 17.7 Å². The van der Waals surface area contributed by atoms with E-state index in [4.69, 9.17) is 5.73 Å². The number of carbonyl (C=O) groups excluding carboxylic acids is 3. The molecule has 2 aliphatic rings. The minimum atomic E-state index is -0.893. The monoisotopic (exact) mass is 834 g/mol. The maximum absolute atomic E-state index is 14.1. The molecule has 2 saturated heterocycles. The average Bonchev–Trinajstić information content (AvgIpc) is 3.98. The van der Waals surface area contributed by atoms with Crippen molar-refractivity contribution in [1.82, 2.24) is 45.4 Å². The van der Waals surface area contributed by atoms with Crippen LogP contribution in [0.1, 0.15) is 57.7 Å². The predicted octanol–water partition coefficient (Wildman–Crippen LogP) is 4.64. The number of rotatable bonds is 13. The van der Waals surface area contributed by atoms with Crippen molar-refractivity contribution in [2.75, 3.05) is 31.9 Å². The molecule has 0 bridgehead atoms. The Kier molecular flexibility index (Phi) is 12.9. The molecular formula is C44H54N10O5S. The zero-order valence-corrected chi connectivity index (χ0v) is 35.4. The Morgan fingerprint density at radius 2 is 1.82 bits per heavy atom. The largest absolute Gasteiger partial charge is 0.507 e. The number of phenolic OH excluding ortho intramolecular Hbond substituents is 1. The molecule has 2 fully saturated rings. The van der Waals surface area contributed by atoms with E-state index in [0.717, 1.165) is 53.2 Å². The molecule has 0 unspecified atom stereocenters. The first kappa shape index (κ1) is 42.4. The number of hydrogen-bond donors (Lipinski definition) is 5.